The minimum absolute atomic E-state index is 0.0183. The number of halogens is 1. The number of carbonyl (C=O) groups is 1. The van der Waals surface area contributed by atoms with Crippen LogP contribution in [0.3, 0.4) is 0 Å². The van der Waals surface area contributed by atoms with Crippen LogP contribution in [0.25, 0.3) is 0 Å². The molecule has 0 bridgehead atoms. The van der Waals surface area contributed by atoms with Crippen molar-refractivity contribution in [3.8, 4) is 5.75 Å². The molecule has 23 heavy (non-hydrogen) atoms. The molecule has 1 aromatic carbocycles. The molecule has 0 aliphatic rings. The zero-order valence-corrected chi connectivity index (χ0v) is 15.4. The zero-order chi connectivity index (χ0) is 17.6. The average molecular weight is 363 g/mol. The van der Waals surface area contributed by atoms with Gasteiger partial charge in [0.05, 0.1) is 0 Å². The molecule has 0 aliphatic carbocycles. The largest absolute Gasteiger partial charge is 0.482 e. The van der Waals surface area contributed by atoms with Crippen LogP contribution in [0, 0.1) is 0 Å². The third-order valence-electron chi connectivity index (χ3n) is 3.04. The van der Waals surface area contributed by atoms with Crippen molar-refractivity contribution < 1.29 is 17.9 Å². The summed E-state index contributed by atoms with van der Waals surface area (Å²) in [6, 6.07) is 4.31. The average Bonchev–Trinajstić information content (AvgIpc) is 2.46. The molecule has 0 radical (unpaired) electrons. The highest BCUT2D eigenvalue weighted by molar-refractivity contribution is 7.89. The van der Waals surface area contributed by atoms with E-state index < -0.39 is 10.0 Å². The van der Waals surface area contributed by atoms with E-state index in [0.29, 0.717) is 13.1 Å². The number of nitrogens with zero attached hydrogens (tertiary/aromatic N) is 1. The summed E-state index contributed by atoms with van der Waals surface area (Å²) in [5, 5.41) is 2.96. The molecule has 0 saturated carbocycles. The molecule has 0 aliphatic heterocycles. The van der Waals surface area contributed by atoms with E-state index in [0.717, 1.165) is 0 Å². The number of hydrogen-bond donors (Lipinski definition) is 1. The Bertz CT molecular complexity index is 643. The van der Waals surface area contributed by atoms with Crippen molar-refractivity contribution in [3.63, 3.8) is 0 Å². The SMILES string of the molecule is CCN(CC)S(=O)(=O)c1cc(Cl)ccc1OCC(=O)NC(C)C. The number of rotatable bonds is 8. The monoisotopic (exact) mass is 362 g/mol. The molecular formula is C15H23ClN2O4S. The van der Waals surface area contributed by atoms with E-state index in [4.69, 9.17) is 16.3 Å². The molecule has 0 heterocycles. The van der Waals surface area contributed by atoms with Crippen LogP contribution in [-0.4, -0.2) is 44.4 Å². The van der Waals surface area contributed by atoms with Crippen molar-refractivity contribution in [2.24, 2.45) is 0 Å². The van der Waals surface area contributed by atoms with E-state index in [2.05, 4.69) is 5.32 Å². The molecule has 1 rings (SSSR count). The van der Waals surface area contributed by atoms with Crippen LogP contribution >= 0.6 is 11.6 Å². The van der Waals surface area contributed by atoms with Crippen LogP contribution in [0.5, 0.6) is 5.75 Å². The Kier molecular flexibility index (Phi) is 7.31. The van der Waals surface area contributed by atoms with E-state index in [1.807, 2.05) is 13.8 Å². The first-order valence-corrected chi connectivity index (χ1v) is 9.26. The molecule has 6 nitrogen and oxygen atoms in total. The summed E-state index contributed by atoms with van der Waals surface area (Å²) in [5.74, 6) is -0.207. The molecular weight excluding hydrogens is 340 g/mol. The maximum absolute atomic E-state index is 12.7. The first-order chi connectivity index (χ1) is 10.7. The van der Waals surface area contributed by atoms with Gasteiger partial charge < -0.3 is 10.1 Å². The number of amides is 1. The molecule has 1 aromatic rings. The Hall–Kier alpha value is -1.31. The summed E-state index contributed by atoms with van der Waals surface area (Å²) in [4.78, 5) is 11.6. The highest BCUT2D eigenvalue weighted by Crippen LogP contribution is 2.29. The molecule has 1 N–H and O–H groups in total. The van der Waals surface area contributed by atoms with Crippen LogP contribution in [0.2, 0.25) is 5.02 Å². The Morgan fingerprint density at radius 3 is 2.43 bits per heavy atom. The maximum Gasteiger partial charge on any atom is 0.258 e. The smallest absolute Gasteiger partial charge is 0.258 e. The molecule has 0 spiro atoms. The lowest BCUT2D eigenvalue weighted by molar-refractivity contribution is -0.123. The Morgan fingerprint density at radius 2 is 1.91 bits per heavy atom. The van der Waals surface area contributed by atoms with Gasteiger partial charge in [0.25, 0.3) is 5.91 Å². The number of hydrogen-bond acceptors (Lipinski definition) is 4. The van der Waals surface area contributed by atoms with Crippen molar-refractivity contribution in [2.45, 2.75) is 38.6 Å². The van der Waals surface area contributed by atoms with Gasteiger partial charge in [0.1, 0.15) is 10.6 Å². The van der Waals surface area contributed by atoms with Gasteiger partial charge in [-0.25, -0.2) is 8.42 Å². The molecule has 8 heteroatoms. The van der Waals surface area contributed by atoms with Gasteiger partial charge in [0, 0.05) is 24.2 Å². The highest BCUT2D eigenvalue weighted by atomic mass is 35.5. The fourth-order valence-corrected chi connectivity index (χ4v) is 3.86. The number of ether oxygens (including phenoxy) is 1. The highest BCUT2D eigenvalue weighted by Gasteiger charge is 2.26. The second kappa shape index (κ2) is 8.52. The second-order valence-corrected chi connectivity index (χ2v) is 7.53. The first kappa shape index (κ1) is 19.7. The van der Waals surface area contributed by atoms with Gasteiger partial charge in [-0.3, -0.25) is 4.79 Å². The molecule has 0 saturated heterocycles. The standard InChI is InChI=1S/C15H23ClN2O4S/c1-5-18(6-2)23(20,21)14-9-12(16)7-8-13(14)22-10-15(19)17-11(3)4/h7-9,11H,5-6,10H2,1-4H3,(H,17,19). The fraction of sp³-hybridized carbons (Fsp3) is 0.533. The van der Waals surface area contributed by atoms with Crippen molar-refractivity contribution in [3.05, 3.63) is 23.2 Å². The van der Waals surface area contributed by atoms with Crippen molar-refractivity contribution >= 4 is 27.5 Å². The topological polar surface area (TPSA) is 75.7 Å². The quantitative estimate of drug-likeness (QED) is 0.769. The summed E-state index contributed by atoms with van der Waals surface area (Å²) in [7, 11) is -3.73. The fourth-order valence-electron chi connectivity index (χ4n) is 2.01. The number of benzene rings is 1. The number of nitrogens with one attached hydrogen (secondary N) is 1. The van der Waals surface area contributed by atoms with E-state index in [9.17, 15) is 13.2 Å². The van der Waals surface area contributed by atoms with E-state index in [1.165, 1.54) is 22.5 Å². The molecule has 1 amide bonds. The predicted molar refractivity (Wildman–Crippen MR) is 90.3 cm³/mol. The van der Waals surface area contributed by atoms with Crippen LogP contribution in [0.4, 0.5) is 0 Å². The van der Waals surface area contributed by atoms with Gasteiger partial charge in [-0.1, -0.05) is 25.4 Å². The molecule has 130 valence electrons. The molecule has 0 unspecified atom stereocenters. The minimum Gasteiger partial charge on any atom is -0.482 e. The summed E-state index contributed by atoms with van der Waals surface area (Å²) < 4.78 is 32.1. The van der Waals surface area contributed by atoms with Gasteiger partial charge >= 0.3 is 0 Å². The summed E-state index contributed by atoms with van der Waals surface area (Å²) in [6.07, 6.45) is 0. The van der Waals surface area contributed by atoms with Crippen LogP contribution in [-0.2, 0) is 14.8 Å². The van der Waals surface area contributed by atoms with Crippen LogP contribution in [0.15, 0.2) is 23.1 Å². The molecule has 0 aromatic heterocycles. The van der Waals surface area contributed by atoms with Crippen LogP contribution < -0.4 is 10.1 Å². The Labute approximate surface area is 142 Å². The number of carbonyl (C=O) groups excluding carboxylic acids is 1. The van der Waals surface area contributed by atoms with Gasteiger partial charge in [-0.15, -0.1) is 0 Å². The number of sulfonamides is 1. The third-order valence-corrected chi connectivity index (χ3v) is 5.34. The van der Waals surface area contributed by atoms with Crippen LogP contribution in [0.1, 0.15) is 27.7 Å². The van der Waals surface area contributed by atoms with E-state index >= 15 is 0 Å². The van der Waals surface area contributed by atoms with Gasteiger partial charge in [0.2, 0.25) is 10.0 Å². The lowest BCUT2D eigenvalue weighted by atomic mass is 10.3. The van der Waals surface area contributed by atoms with Crippen molar-refractivity contribution in [1.82, 2.24) is 9.62 Å². The molecule has 0 atom stereocenters. The zero-order valence-electron chi connectivity index (χ0n) is 13.8. The lowest BCUT2D eigenvalue weighted by Crippen LogP contribution is -2.34. The summed E-state index contributed by atoms with van der Waals surface area (Å²) in [6.45, 7) is 7.56. The van der Waals surface area contributed by atoms with Gasteiger partial charge in [0.15, 0.2) is 6.61 Å². The minimum atomic E-state index is -3.73. The normalized spacial score (nSPS) is 11.8. The van der Waals surface area contributed by atoms with Crippen molar-refractivity contribution in [1.29, 1.82) is 0 Å². The first-order valence-electron chi connectivity index (χ1n) is 7.44. The van der Waals surface area contributed by atoms with E-state index in [1.54, 1.807) is 13.8 Å². The van der Waals surface area contributed by atoms with E-state index in [-0.39, 0.29) is 34.2 Å². The summed E-state index contributed by atoms with van der Waals surface area (Å²) in [5.41, 5.74) is 0. The third kappa shape index (κ3) is 5.37. The summed E-state index contributed by atoms with van der Waals surface area (Å²) >= 11 is 5.93. The second-order valence-electron chi connectivity index (χ2n) is 5.19. The lowest BCUT2D eigenvalue weighted by Gasteiger charge is -2.20. The maximum atomic E-state index is 12.7. The Balaban J connectivity index is 3.09. The Morgan fingerprint density at radius 1 is 1.30 bits per heavy atom. The van der Waals surface area contributed by atoms with Crippen molar-refractivity contribution in [2.75, 3.05) is 19.7 Å². The van der Waals surface area contributed by atoms with Gasteiger partial charge in [-0.2, -0.15) is 4.31 Å². The van der Waals surface area contributed by atoms with Gasteiger partial charge in [-0.05, 0) is 32.0 Å². The predicted octanol–water partition coefficient (Wildman–Crippen LogP) is 2.27. The molecule has 0 fully saturated rings.